The maximum atomic E-state index is 13.7. The predicted molar refractivity (Wildman–Crippen MR) is 69.2 cm³/mol. The number of hydrogen-bond donors (Lipinski definition) is 1. The van der Waals surface area contributed by atoms with Crippen LogP contribution >= 0.6 is 0 Å². The smallest absolute Gasteiger partial charge is 0.341 e. The Balaban J connectivity index is 2.08. The largest absolute Gasteiger partial charge is 0.459 e. The summed E-state index contributed by atoms with van der Waals surface area (Å²) in [6.07, 6.45) is 2.72. The van der Waals surface area contributed by atoms with Gasteiger partial charge in [0, 0.05) is 13.5 Å². The third-order valence-electron chi connectivity index (χ3n) is 3.47. The van der Waals surface area contributed by atoms with Crippen molar-refractivity contribution in [3.05, 3.63) is 29.3 Å². The van der Waals surface area contributed by atoms with Gasteiger partial charge >= 0.3 is 5.97 Å². The van der Waals surface area contributed by atoms with Crippen molar-refractivity contribution >= 4 is 11.7 Å². The van der Waals surface area contributed by atoms with Crippen LogP contribution in [0.4, 0.5) is 14.5 Å². The number of rotatable bonds is 3. The topological polar surface area (TPSA) is 61.5 Å². The molecule has 2 rings (SSSR count). The Kier molecular flexibility index (Phi) is 4.54. The molecule has 0 spiro atoms. The Bertz CT molecular complexity index is 507. The summed E-state index contributed by atoms with van der Waals surface area (Å²) in [5.74, 6) is -2.61. The first kappa shape index (κ1) is 14.7. The molecule has 0 amide bonds. The molecule has 110 valence electrons. The summed E-state index contributed by atoms with van der Waals surface area (Å²) in [5, 5.41) is 0. The zero-order valence-corrected chi connectivity index (χ0v) is 11.2. The first-order valence-corrected chi connectivity index (χ1v) is 6.49. The van der Waals surface area contributed by atoms with Gasteiger partial charge in [-0.15, -0.1) is 0 Å². The van der Waals surface area contributed by atoms with Gasteiger partial charge in [0.2, 0.25) is 0 Å². The van der Waals surface area contributed by atoms with E-state index in [-0.39, 0.29) is 12.2 Å². The summed E-state index contributed by atoms with van der Waals surface area (Å²) in [6, 6.07) is 1.62. The molecule has 4 nitrogen and oxygen atoms in total. The van der Waals surface area contributed by atoms with Crippen molar-refractivity contribution in [2.24, 2.45) is 0 Å². The number of benzene rings is 1. The summed E-state index contributed by atoms with van der Waals surface area (Å²) in [7, 11) is 1.60. The van der Waals surface area contributed by atoms with E-state index in [4.69, 9.17) is 15.2 Å². The van der Waals surface area contributed by atoms with Crippen LogP contribution in [0.15, 0.2) is 12.1 Å². The van der Waals surface area contributed by atoms with Crippen molar-refractivity contribution in [1.29, 1.82) is 0 Å². The molecule has 2 N–H and O–H groups in total. The number of anilines is 1. The zero-order valence-electron chi connectivity index (χ0n) is 11.2. The van der Waals surface area contributed by atoms with Gasteiger partial charge in [0.1, 0.15) is 17.5 Å². The summed E-state index contributed by atoms with van der Waals surface area (Å²) < 4.78 is 37.3. The van der Waals surface area contributed by atoms with Crippen LogP contribution in [-0.2, 0) is 9.47 Å². The molecule has 0 aliphatic heterocycles. The average molecular weight is 285 g/mol. The lowest BCUT2D eigenvalue weighted by atomic mass is 9.95. The number of hydrogen-bond acceptors (Lipinski definition) is 4. The second-order valence-electron chi connectivity index (χ2n) is 4.91. The monoisotopic (exact) mass is 285 g/mol. The van der Waals surface area contributed by atoms with Gasteiger partial charge in [-0.3, -0.25) is 0 Å². The molecule has 0 saturated heterocycles. The van der Waals surface area contributed by atoms with Crippen molar-refractivity contribution in [2.45, 2.75) is 37.9 Å². The van der Waals surface area contributed by atoms with Crippen molar-refractivity contribution in [1.82, 2.24) is 0 Å². The molecule has 0 aromatic heterocycles. The molecule has 1 aromatic carbocycles. The lowest BCUT2D eigenvalue weighted by Gasteiger charge is -2.27. The molecule has 0 bridgehead atoms. The molecule has 2 unspecified atom stereocenters. The van der Waals surface area contributed by atoms with Gasteiger partial charge in [-0.2, -0.15) is 0 Å². The minimum absolute atomic E-state index is 0.0315. The predicted octanol–water partition coefficient (Wildman–Crippen LogP) is 2.66. The van der Waals surface area contributed by atoms with E-state index in [2.05, 4.69) is 0 Å². The Morgan fingerprint density at radius 2 is 2.00 bits per heavy atom. The highest BCUT2D eigenvalue weighted by atomic mass is 19.1. The van der Waals surface area contributed by atoms with E-state index in [1.165, 1.54) is 0 Å². The molecular formula is C14H17F2NO3. The van der Waals surface area contributed by atoms with Gasteiger partial charge in [-0.05, 0) is 31.4 Å². The molecule has 1 aliphatic rings. The van der Waals surface area contributed by atoms with E-state index in [0.29, 0.717) is 12.8 Å². The van der Waals surface area contributed by atoms with E-state index in [0.717, 1.165) is 25.0 Å². The molecule has 1 aliphatic carbocycles. The molecule has 0 heterocycles. The molecular weight excluding hydrogens is 268 g/mol. The maximum absolute atomic E-state index is 13.7. The number of esters is 1. The molecule has 1 aromatic rings. The van der Waals surface area contributed by atoms with Crippen LogP contribution in [0.2, 0.25) is 0 Å². The minimum atomic E-state index is -0.949. The third kappa shape index (κ3) is 3.25. The fourth-order valence-electron chi connectivity index (χ4n) is 2.40. The van der Waals surface area contributed by atoms with Crippen molar-refractivity contribution in [2.75, 3.05) is 12.8 Å². The highest BCUT2D eigenvalue weighted by Crippen LogP contribution is 2.25. The maximum Gasteiger partial charge on any atom is 0.341 e. The second kappa shape index (κ2) is 6.17. The molecule has 1 saturated carbocycles. The number of nitrogens with two attached hydrogens (primary N) is 1. The van der Waals surface area contributed by atoms with Crippen LogP contribution in [0, 0.1) is 11.6 Å². The Hall–Kier alpha value is -1.69. The van der Waals surface area contributed by atoms with Crippen molar-refractivity contribution in [3.63, 3.8) is 0 Å². The normalized spacial score (nSPS) is 22.6. The lowest BCUT2D eigenvalue weighted by Crippen LogP contribution is -2.29. The third-order valence-corrected chi connectivity index (χ3v) is 3.47. The summed E-state index contributed by atoms with van der Waals surface area (Å²) >= 11 is 0. The van der Waals surface area contributed by atoms with E-state index < -0.39 is 28.9 Å². The Labute approximate surface area is 115 Å². The quantitative estimate of drug-likeness (QED) is 0.685. The first-order chi connectivity index (χ1) is 9.51. The van der Waals surface area contributed by atoms with Gasteiger partial charge < -0.3 is 15.2 Å². The molecule has 1 fully saturated rings. The van der Waals surface area contributed by atoms with Gasteiger partial charge in [-0.25, -0.2) is 13.6 Å². The number of halogens is 2. The van der Waals surface area contributed by atoms with Crippen LogP contribution in [0.1, 0.15) is 36.0 Å². The highest BCUT2D eigenvalue weighted by Gasteiger charge is 2.26. The van der Waals surface area contributed by atoms with Crippen molar-refractivity contribution in [3.8, 4) is 0 Å². The van der Waals surface area contributed by atoms with Gasteiger partial charge in [0.05, 0.1) is 11.8 Å². The molecule has 20 heavy (non-hydrogen) atoms. The van der Waals surface area contributed by atoms with Crippen LogP contribution in [0.3, 0.4) is 0 Å². The fourth-order valence-corrected chi connectivity index (χ4v) is 2.40. The number of carbonyl (C=O) groups excluding carboxylic acids is 1. The van der Waals surface area contributed by atoms with Crippen molar-refractivity contribution < 1.29 is 23.0 Å². The SMILES string of the molecule is COC1CCCC(OC(=O)c2cc(F)cc(N)c2F)C1. The summed E-state index contributed by atoms with van der Waals surface area (Å²) in [6.45, 7) is 0. The van der Waals surface area contributed by atoms with Crippen LogP contribution < -0.4 is 5.73 Å². The van der Waals surface area contributed by atoms with Crippen LogP contribution in [-0.4, -0.2) is 25.3 Å². The second-order valence-corrected chi connectivity index (χ2v) is 4.91. The van der Waals surface area contributed by atoms with E-state index in [9.17, 15) is 13.6 Å². The summed E-state index contributed by atoms with van der Waals surface area (Å²) in [5.41, 5.74) is 4.42. The standard InChI is InChI=1S/C14H17F2NO3/c1-19-9-3-2-4-10(7-9)20-14(18)11-5-8(15)6-12(17)13(11)16/h5-6,9-10H,2-4,7,17H2,1H3. The van der Waals surface area contributed by atoms with Gasteiger partial charge in [0.25, 0.3) is 0 Å². The van der Waals surface area contributed by atoms with Crippen LogP contribution in [0.25, 0.3) is 0 Å². The molecule has 2 atom stereocenters. The number of nitrogen functional groups attached to an aromatic ring is 1. The summed E-state index contributed by atoms with van der Waals surface area (Å²) in [4.78, 5) is 11.9. The Morgan fingerprint density at radius 3 is 2.70 bits per heavy atom. The van der Waals surface area contributed by atoms with Gasteiger partial charge in [-0.1, -0.05) is 0 Å². The number of ether oxygens (including phenoxy) is 2. The average Bonchev–Trinajstić information content (AvgIpc) is 2.43. The Morgan fingerprint density at radius 1 is 1.30 bits per heavy atom. The zero-order chi connectivity index (χ0) is 14.7. The van der Waals surface area contributed by atoms with E-state index >= 15 is 0 Å². The van der Waals surface area contributed by atoms with E-state index in [1.54, 1.807) is 7.11 Å². The first-order valence-electron chi connectivity index (χ1n) is 6.49. The molecule has 0 radical (unpaired) electrons. The lowest BCUT2D eigenvalue weighted by molar-refractivity contribution is -0.0152. The van der Waals surface area contributed by atoms with Gasteiger partial charge in [0.15, 0.2) is 5.82 Å². The minimum Gasteiger partial charge on any atom is -0.459 e. The highest BCUT2D eigenvalue weighted by molar-refractivity contribution is 5.91. The molecule has 6 heteroatoms. The number of methoxy groups -OCH3 is 1. The number of carbonyl (C=O) groups is 1. The fraction of sp³-hybridized carbons (Fsp3) is 0.500. The van der Waals surface area contributed by atoms with E-state index in [1.807, 2.05) is 0 Å². The van der Waals surface area contributed by atoms with Crippen LogP contribution in [0.5, 0.6) is 0 Å².